The molecule has 0 unspecified atom stereocenters. The quantitative estimate of drug-likeness (QED) is 0.748. The number of nitriles is 1. The number of amides is 1. The second kappa shape index (κ2) is 9.09. The molecular weight excluding hydrogens is 336 g/mol. The van der Waals surface area contributed by atoms with E-state index in [2.05, 4.69) is 11.4 Å². The maximum atomic E-state index is 12.1. The minimum absolute atomic E-state index is 0.0240. The second-order valence-corrected chi connectivity index (χ2v) is 6.32. The lowest BCUT2D eigenvalue weighted by Gasteiger charge is -2.31. The van der Waals surface area contributed by atoms with Crippen LogP contribution in [0.15, 0.2) is 18.2 Å². The first kappa shape index (κ1) is 19.6. The fourth-order valence-corrected chi connectivity index (χ4v) is 3.07. The van der Waals surface area contributed by atoms with E-state index >= 15 is 0 Å². The van der Waals surface area contributed by atoms with Crippen molar-refractivity contribution in [3.63, 3.8) is 0 Å². The molecule has 1 N–H and O–H groups in total. The number of hydrogen-bond acceptors (Lipinski definition) is 6. The van der Waals surface area contributed by atoms with E-state index in [1.165, 1.54) is 7.11 Å². The van der Waals surface area contributed by atoms with Gasteiger partial charge in [-0.15, -0.1) is 0 Å². The van der Waals surface area contributed by atoms with Crippen molar-refractivity contribution in [3.05, 3.63) is 23.8 Å². The number of methoxy groups -OCH3 is 2. The van der Waals surface area contributed by atoms with Crippen LogP contribution in [0.2, 0.25) is 0 Å². The molecule has 0 aromatic heterocycles. The molecule has 1 saturated carbocycles. The van der Waals surface area contributed by atoms with Crippen LogP contribution in [0.3, 0.4) is 0 Å². The Bertz CT molecular complexity index is 690. The van der Waals surface area contributed by atoms with E-state index in [-0.39, 0.29) is 6.42 Å². The van der Waals surface area contributed by atoms with E-state index in [0.717, 1.165) is 19.3 Å². The molecule has 0 aliphatic heterocycles. The van der Waals surface area contributed by atoms with Gasteiger partial charge in [-0.2, -0.15) is 5.26 Å². The largest absolute Gasteiger partial charge is 0.497 e. The summed E-state index contributed by atoms with van der Waals surface area (Å²) in [7, 11) is 3.05. The van der Waals surface area contributed by atoms with Crippen molar-refractivity contribution in [1.82, 2.24) is 5.32 Å². The van der Waals surface area contributed by atoms with Crippen LogP contribution < -0.4 is 14.8 Å². The van der Waals surface area contributed by atoms with Gasteiger partial charge in [0.1, 0.15) is 17.0 Å². The van der Waals surface area contributed by atoms with Crippen LogP contribution in [0.5, 0.6) is 11.5 Å². The molecule has 0 bridgehead atoms. The van der Waals surface area contributed by atoms with E-state index in [1.54, 1.807) is 25.3 Å². The van der Waals surface area contributed by atoms with Gasteiger partial charge in [-0.3, -0.25) is 9.59 Å². The zero-order chi connectivity index (χ0) is 19.0. The van der Waals surface area contributed by atoms with Crippen LogP contribution in [-0.2, 0) is 20.7 Å². The third kappa shape index (κ3) is 5.12. The number of benzene rings is 1. The highest BCUT2D eigenvalue weighted by Crippen LogP contribution is 2.27. The smallest absolute Gasteiger partial charge is 0.310 e. The first-order valence-electron chi connectivity index (χ1n) is 8.61. The molecule has 0 saturated heterocycles. The van der Waals surface area contributed by atoms with Gasteiger partial charge >= 0.3 is 5.97 Å². The Labute approximate surface area is 153 Å². The van der Waals surface area contributed by atoms with Crippen molar-refractivity contribution in [2.75, 3.05) is 20.8 Å². The number of esters is 1. The molecule has 0 radical (unpaired) electrons. The highest BCUT2D eigenvalue weighted by atomic mass is 16.5. The van der Waals surface area contributed by atoms with Crippen molar-refractivity contribution in [3.8, 4) is 17.6 Å². The minimum Gasteiger partial charge on any atom is -0.497 e. The molecule has 7 heteroatoms. The maximum absolute atomic E-state index is 12.1. The summed E-state index contributed by atoms with van der Waals surface area (Å²) in [6.07, 6.45) is 4.12. The van der Waals surface area contributed by atoms with Gasteiger partial charge in [0.25, 0.3) is 5.91 Å². The highest BCUT2D eigenvalue weighted by molar-refractivity contribution is 5.82. The molecule has 1 aromatic rings. The molecule has 1 aliphatic carbocycles. The van der Waals surface area contributed by atoms with E-state index in [0.29, 0.717) is 29.9 Å². The van der Waals surface area contributed by atoms with Gasteiger partial charge in [-0.05, 0) is 18.9 Å². The lowest BCUT2D eigenvalue weighted by Crippen LogP contribution is -2.50. The highest BCUT2D eigenvalue weighted by Gasteiger charge is 2.33. The zero-order valence-corrected chi connectivity index (χ0v) is 15.2. The Hall–Kier alpha value is -2.75. The first-order chi connectivity index (χ1) is 12.5. The Balaban J connectivity index is 1.86. The average Bonchev–Trinajstić information content (AvgIpc) is 2.67. The predicted octanol–water partition coefficient (Wildman–Crippen LogP) is 2.13. The van der Waals surface area contributed by atoms with Gasteiger partial charge in [0.05, 0.1) is 26.7 Å². The Kier molecular flexibility index (Phi) is 6.84. The van der Waals surface area contributed by atoms with E-state index in [4.69, 9.17) is 14.2 Å². The maximum Gasteiger partial charge on any atom is 0.310 e. The van der Waals surface area contributed by atoms with Gasteiger partial charge in [0.2, 0.25) is 0 Å². The number of ether oxygens (including phenoxy) is 3. The van der Waals surface area contributed by atoms with Crippen LogP contribution in [0.4, 0.5) is 0 Å². The van der Waals surface area contributed by atoms with Gasteiger partial charge < -0.3 is 19.5 Å². The van der Waals surface area contributed by atoms with Crippen LogP contribution in [0, 0.1) is 11.3 Å². The van der Waals surface area contributed by atoms with Crippen LogP contribution in [-0.4, -0.2) is 38.2 Å². The molecule has 7 nitrogen and oxygen atoms in total. The van der Waals surface area contributed by atoms with Crippen molar-refractivity contribution < 1.29 is 23.8 Å². The normalized spacial score (nSPS) is 15.4. The van der Waals surface area contributed by atoms with Crippen LogP contribution >= 0.6 is 0 Å². The Morgan fingerprint density at radius 3 is 2.54 bits per heavy atom. The molecule has 0 spiro atoms. The lowest BCUT2D eigenvalue weighted by atomic mass is 9.83. The standard InChI is InChI=1S/C19H24N2O5/c1-24-15-7-6-14(16(11-15)25-2)10-18(23)26-12-17(22)21-19(13-20)8-4-3-5-9-19/h6-7,11H,3-5,8-10,12H2,1-2H3,(H,21,22). The fraction of sp³-hybridized carbons (Fsp3) is 0.526. The summed E-state index contributed by atoms with van der Waals surface area (Å²) in [6, 6.07) is 7.31. The average molecular weight is 360 g/mol. The van der Waals surface area contributed by atoms with Crippen molar-refractivity contribution >= 4 is 11.9 Å². The summed E-state index contributed by atoms with van der Waals surface area (Å²) in [6.45, 7) is -0.402. The minimum atomic E-state index is -0.832. The number of carbonyl (C=O) groups excluding carboxylic acids is 2. The van der Waals surface area contributed by atoms with Gasteiger partial charge in [-0.25, -0.2) is 0 Å². The van der Waals surface area contributed by atoms with Gasteiger partial charge in [0, 0.05) is 11.6 Å². The molecule has 1 aromatic carbocycles. The predicted molar refractivity (Wildman–Crippen MR) is 93.8 cm³/mol. The summed E-state index contributed by atoms with van der Waals surface area (Å²) < 4.78 is 15.4. The fourth-order valence-electron chi connectivity index (χ4n) is 3.07. The van der Waals surface area contributed by atoms with E-state index < -0.39 is 24.0 Å². The zero-order valence-electron chi connectivity index (χ0n) is 15.2. The summed E-state index contributed by atoms with van der Waals surface area (Å²) in [4.78, 5) is 24.1. The SMILES string of the molecule is COc1ccc(CC(=O)OCC(=O)NC2(C#N)CCCCC2)c(OC)c1. The van der Waals surface area contributed by atoms with Crippen LogP contribution in [0.25, 0.3) is 0 Å². The summed E-state index contributed by atoms with van der Waals surface area (Å²) >= 11 is 0. The number of nitrogens with zero attached hydrogens (tertiary/aromatic N) is 1. The topological polar surface area (TPSA) is 97.6 Å². The Morgan fingerprint density at radius 2 is 1.92 bits per heavy atom. The third-order valence-electron chi connectivity index (χ3n) is 4.49. The summed E-state index contributed by atoms with van der Waals surface area (Å²) in [5, 5.41) is 12.1. The van der Waals surface area contributed by atoms with Crippen molar-refractivity contribution in [2.24, 2.45) is 0 Å². The van der Waals surface area contributed by atoms with E-state index in [9.17, 15) is 14.9 Å². The van der Waals surface area contributed by atoms with Crippen LogP contribution in [0.1, 0.15) is 37.7 Å². The summed E-state index contributed by atoms with van der Waals surface area (Å²) in [5.74, 6) is 0.130. The first-order valence-corrected chi connectivity index (χ1v) is 8.61. The number of nitrogens with one attached hydrogen (secondary N) is 1. The second-order valence-electron chi connectivity index (χ2n) is 6.32. The van der Waals surface area contributed by atoms with Gasteiger partial charge in [0.15, 0.2) is 6.61 Å². The van der Waals surface area contributed by atoms with E-state index in [1.807, 2.05) is 0 Å². The molecule has 0 atom stereocenters. The van der Waals surface area contributed by atoms with Gasteiger partial charge in [-0.1, -0.05) is 25.3 Å². The number of rotatable bonds is 7. The monoisotopic (exact) mass is 360 g/mol. The van der Waals surface area contributed by atoms with Crippen molar-refractivity contribution in [1.29, 1.82) is 5.26 Å². The number of carbonyl (C=O) groups is 2. The Morgan fingerprint density at radius 1 is 1.19 bits per heavy atom. The molecule has 1 amide bonds. The summed E-state index contributed by atoms with van der Waals surface area (Å²) in [5.41, 5.74) is -0.194. The molecule has 1 fully saturated rings. The molecular formula is C19H24N2O5. The van der Waals surface area contributed by atoms with Crippen molar-refractivity contribution in [2.45, 2.75) is 44.1 Å². The lowest BCUT2D eigenvalue weighted by molar-refractivity contribution is -0.148. The molecule has 2 rings (SSSR count). The third-order valence-corrected chi connectivity index (χ3v) is 4.49. The molecule has 26 heavy (non-hydrogen) atoms. The number of hydrogen-bond donors (Lipinski definition) is 1. The molecule has 1 aliphatic rings. The molecule has 0 heterocycles. The molecule has 140 valence electrons.